The van der Waals surface area contributed by atoms with E-state index in [0.717, 1.165) is 22.3 Å². The number of rotatable bonds is 15. The van der Waals surface area contributed by atoms with Gasteiger partial charge in [-0.3, -0.25) is 4.90 Å². The van der Waals surface area contributed by atoms with Crippen molar-refractivity contribution in [3.63, 3.8) is 0 Å². The number of hydrogen-bond acceptors (Lipinski definition) is 10. The molecule has 0 radical (unpaired) electrons. The first-order valence-corrected chi connectivity index (χ1v) is 18.2. The van der Waals surface area contributed by atoms with Gasteiger partial charge >= 0.3 is 0 Å². The van der Waals surface area contributed by atoms with E-state index >= 15 is 0 Å². The molecule has 276 valence electrons. The lowest BCUT2D eigenvalue weighted by atomic mass is 9.92. The van der Waals surface area contributed by atoms with E-state index in [9.17, 15) is 15.3 Å². The molecule has 3 saturated heterocycles. The zero-order chi connectivity index (χ0) is 35.7. The number of aliphatic hydroxyl groups is 3. The maximum Gasteiger partial charge on any atom is 0.187 e. The molecule has 10 nitrogen and oxygen atoms in total. The Morgan fingerprint density at radius 3 is 1.60 bits per heavy atom. The summed E-state index contributed by atoms with van der Waals surface area (Å²) in [6, 6.07) is 39.3. The summed E-state index contributed by atoms with van der Waals surface area (Å²) in [5.74, 6) is 0. The summed E-state index contributed by atoms with van der Waals surface area (Å²) >= 11 is 0. The normalized spacial score (nSPS) is 30.6. The van der Waals surface area contributed by atoms with Gasteiger partial charge in [-0.15, -0.1) is 0 Å². The molecule has 3 fully saturated rings. The van der Waals surface area contributed by atoms with Gasteiger partial charge in [0.1, 0.15) is 36.6 Å². The van der Waals surface area contributed by atoms with Crippen LogP contribution in [0.1, 0.15) is 28.7 Å². The molecule has 3 N–H and O–H groups in total. The average Bonchev–Trinajstić information content (AvgIpc) is 3.58. The monoisotopic (exact) mass is 711 g/mol. The van der Waals surface area contributed by atoms with Crippen molar-refractivity contribution < 1.29 is 43.7 Å². The maximum atomic E-state index is 11.1. The molecular formula is C42H49NO9. The topological polar surface area (TPSA) is 119 Å². The van der Waals surface area contributed by atoms with E-state index in [1.165, 1.54) is 0 Å². The third-order valence-electron chi connectivity index (χ3n) is 10.2. The predicted octanol–water partition coefficient (Wildman–Crippen LogP) is 4.24. The highest BCUT2D eigenvalue weighted by atomic mass is 16.7. The molecule has 0 saturated carbocycles. The van der Waals surface area contributed by atoms with E-state index in [0.29, 0.717) is 32.8 Å². The second kappa shape index (κ2) is 18.0. The standard InChI is InChI=1S/C42H49NO9/c44-33-23-43-22-21-34(36(43)38(46)37(33)45)51-42-41(50-27-32-19-11-4-12-20-32)40(49-26-31-17-9-3-10-18-31)39(48-25-30-15-7-2-8-16-30)35(52-42)28-47-24-29-13-5-1-6-14-29/h1-20,33-42,44-46H,21-28H2/t33-,34-,35+,36+,37+,38+,39+,40-,41+,42-/m0/s1. The van der Waals surface area contributed by atoms with Gasteiger partial charge in [0.2, 0.25) is 0 Å². The van der Waals surface area contributed by atoms with Crippen LogP contribution in [0.4, 0.5) is 0 Å². The van der Waals surface area contributed by atoms with Gasteiger partial charge in [-0.25, -0.2) is 0 Å². The smallest absolute Gasteiger partial charge is 0.187 e. The van der Waals surface area contributed by atoms with Gasteiger partial charge in [0, 0.05) is 13.1 Å². The van der Waals surface area contributed by atoms with Crippen LogP contribution in [-0.4, -0.2) is 101 Å². The van der Waals surface area contributed by atoms with Gasteiger partial charge in [0.05, 0.1) is 51.3 Å². The second-order valence-electron chi connectivity index (χ2n) is 13.8. The summed E-state index contributed by atoms with van der Waals surface area (Å²) in [5.41, 5.74) is 4.01. The van der Waals surface area contributed by atoms with E-state index in [1.807, 2.05) is 126 Å². The lowest BCUT2D eigenvalue weighted by molar-refractivity contribution is -0.339. The molecule has 0 bridgehead atoms. The summed E-state index contributed by atoms with van der Waals surface area (Å²) in [7, 11) is 0. The molecule has 3 aliphatic heterocycles. The fraction of sp³-hybridized carbons (Fsp3) is 0.429. The summed E-state index contributed by atoms with van der Waals surface area (Å²) in [6.07, 6.45) is -7.01. The number of fused-ring (bicyclic) bond motifs is 1. The molecule has 3 aliphatic rings. The fourth-order valence-electron chi connectivity index (χ4n) is 7.45. The van der Waals surface area contributed by atoms with Crippen LogP contribution in [0, 0.1) is 0 Å². The third-order valence-corrected chi connectivity index (χ3v) is 10.2. The molecule has 4 aromatic rings. The van der Waals surface area contributed by atoms with Crippen LogP contribution >= 0.6 is 0 Å². The minimum absolute atomic E-state index is 0.193. The first-order valence-electron chi connectivity index (χ1n) is 18.2. The number of nitrogens with zero attached hydrogens (tertiary/aromatic N) is 1. The quantitative estimate of drug-likeness (QED) is 0.165. The predicted molar refractivity (Wildman–Crippen MR) is 193 cm³/mol. The Hall–Kier alpha value is -3.52. The molecule has 3 heterocycles. The first-order chi connectivity index (χ1) is 25.5. The Balaban J connectivity index is 1.20. The van der Waals surface area contributed by atoms with Crippen molar-refractivity contribution in [2.45, 2.75) is 94.0 Å². The number of benzene rings is 4. The van der Waals surface area contributed by atoms with Crippen LogP contribution < -0.4 is 0 Å². The fourth-order valence-corrected chi connectivity index (χ4v) is 7.45. The minimum Gasteiger partial charge on any atom is -0.389 e. The molecule has 52 heavy (non-hydrogen) atoms. The molecular weight excluding hydrogens is 662 g/mol. The van der Waals surface area contributed by atoms with Crippen molar-refractivity contribution in [3.8, 4) is 0 Å². The lowest BCUT2D eigenvalue weighted by Gasteiger charge is -2.47. The highest BCUT2D eigenvalue weighted by molar-refractivity contribution is 5.16. The molecule has 0 spiro atoms. The summed E-state index contributed by atoms with van der Waals surface area (Å²) in [4.78, 5) is 1.98. The van der Waals surface area contributed by atoms with E-state index in [1.54, 1.807) is 0 Å². The zero-order valence-corrected chi connectivity index (χ0v) is 29.2. The zero-order valence-electron chi connectivity index (χ0n) is 29.2. The highest BCUT2D eigenvalue weighted by Crippen LogP contribution is 2.36. The Morgan fingerprint density at radius 1 is 0.577 bits per heavy atom. The van der Waals surface area contributed by atoms with Gasteiger partial charge < -0.3 is 43.7 Å². The largest absolute Gasteiger partial charge is 0.389 e. The summed E-state index contributed by atoms with van der Waals surface area (Å²) < 4.78 is 40.3. The third kappa shape index (κ3) is 9.15. The van der Waals surface area contributed by atoms with Crippen LogP contribution in [0.25, 0.3) is 0 Å². The first kappa shape index (κ1) is 36.8. The van der Waals surface area contributed by atoms with Crippen LogP contribution in [0.2, 0.25) is 0 Å². The number of ether oxygens (including phenoxy) is 6. The van der Waals surface area contributed by atoms with Crippen molar-refractivity contribution in [2.24, 2.45) is 0 Å². The van der Waals surface area contributed by atoms with E-state index in [4.69, 9.17) is 28.4 Å². The second-order valence-corrected chi connectivity index (χ2v) is 13.8. The van der Waals surface area contributed by atoms with Crippen LogP contribution in [0.3, 0.4) is 0 Å². The van der Waals surface area contributed by atoms with E-state index in [2.05, 4.69) is 0 Å². The Labute approximate surface area is 305 Å². The molecule has 0 unspecified atom stereocenters. The van der Waals surface area contributed by atoms with E-state index < -0.39 is 61.2 Å². The lowest BCUT2D eigenvalue weighted by Crippen LogP contribution is -2.64. The van der Waals surface area contributed by atoms with Crippen LogP contribution in [0.5, 0.6) is 0 Å². The van der Waals surface area contributed by atoms with Gasteiger partial charge in [0.15, 0.2) is 6.29 Å². The maximum absolute atomic E-state index is 11.1. The molecule has 0 aliphatic carbocycles. The Kier molecular flexibility index (Phi) is 12.7. The number of aliphatic hydroxyl groups excluding tert-OH is 3. The van der Waals surface area contributed by atoms with Crippen molar-refractivity contribution >= 4 is 0 Å². The highest BCUT2D eigenvalue weighted by Gasteiger charge is 2.53. The van der Waals surface area contributed by atoms with Gasteiger partial charge in [0.25, 0.3) is 0 Å². The van der Waals surface area contributed by atoms with Crippen molar-refractivity contribution in [1.82, 2.24) is 4.90 Å². The van der Waals surface area contributed by atoms with Gasteiger partial charge in [-0.1, -0.05) is 121 Å². The van der Waals surface area contributed by atoms with Crippen molar-refractivity contribution in [3.05, 3.63) is 144 Å². The van der Waals surface area contributed by atoms with Crippen LogP contribution in [0.15, 0.2) is 121 Å². The average molecular weight is 712 g/mol. The van der Waals surface area contributed by atoms with Crippen molar-refractivity contribution in [2.75, 3.05) is 19.7 Å². The molecule has 0 aromatic heterocycles. The molecule has 0 amide bonds. The Bertz CT molecular complexity index is 1620. The van der Waals surface area contributed by atoms with Crippen molar-refractivity contribution in [1.29, 1.82) is 0 Å². The number of piperidine rings is 1. The van der Waals surface area contributed by atoms with Gasteiger partial charge in [-0.05, 0) is 28.7 Å². The molecule has 4 aromatic carbocycles. The summed E-state index contributed by atoms with van der Waals surface area (Å²) in [6.45, 7) is 2.31. The SMILES string of the molecule is O[C@H]1[C@H](O)[C@@H](O)CN2CC[C@H](O[C@H]3O[C@H](COCc4ccccc4)[C@@H](OCc4ccccc4)[C@H](OCc4ccccc4)[C@H]3OCc3ccccc3)[C@H]12. The van der Waals surface area contributed by atoms with E-state index in [-0.39, 0.29) is 19.8 Å². The molecule has 7 rings (SSSR count). The van der Waals surface area contributed by atoms with Gasteiger partial charge in [-0.2, -0.15) is 0 Å². The Morgan fingerprint density at radius 2 is 1.06 bits per heavy atom. The number of hydrogen-bond donors (Lipinski definition) is 3. The molecule has 10 heteroatoms. The minimum atomic E-state index is -1.28. The van der Waals surface area contributed by atoms with Crippen LogP contribution in [-0.2, 0) is 54.8 Å². The summed E-state index contributed by atoms with van der Waals surface area (Å²) in [5, 5.41) is 32.1. The molecule has 10 atom stereocenters.